The minimum absolute atomic E-state index is 0.00495. The molecule has 0 radical (unpaired) electrons. The second-order valence-electron chi connectivity index (χ2n) is 6.72. The number of rotatable bonds is 6. The molecule has 0 aromatic heterocycles. The maximum atomic E-state index is 12.5. The molecular formula is C15H30N2O3S. The lowest BCUT2D eigenvalue weighted by Crippen LogP contribution is -2.47. The lowest BCUT2D eigenvalue weighted by atomic mass is 9.71. The van der Waals surface area contributed by atoms with Gasteiger partial charge in [-0.3, -0.25) is 4.79 Å². The lowest BCUT2D eigenvalue weighted by molar-refractivity contribution is -0.134. The summed E-state index contributed by atoms with van der Waals surface area (Å²) in [6.07, 6.45) is 7.12. The van der Waals surface area contributed by atoms with Crippen LogP contribution in [0.2, 0.25) is 0 Å². The number of nitrogens with two attached hydrogens (primary N) is 1. The van der Waals surface area contributed by atoms with E-state index in [9.17, 15) is 13.2 Å². The Morgan fingerprint density at radius 1 is 1.24 bits per heavy atom. The predicted molar refractivity (Wildman–Crippen MR) is 85.7 cm³/mol. The fourth-order valence-electron chi connectivity index (χ4n) is 3.10. The zero-order chi connectivity index (χ0) is 16.3. The fourth-order valence-corrected chi connectivity index (χ4v) is 4.00. The van der Waals surface area contributed by atoms with Crippen LogP contribution in [0, 0.1) is 5.41 Å². The SMILES string of the molecule is CC(C(C)S(C)(=O)=O)N(C)C(=O)CC1(CN)CCCCC1. The van der Waals surface area contributed by atoms with E-state index < -0.39 is 15.1 Å². The first kappa shape index (κ1) is 18.4. The van der Waals surface area contributed by atoms with Crippen LogP contribution in [-0.2, 0) is 14.6 Å². The monoisotopic (exact) mass is 318 g/mol. The summed E-state index contributed by atoms with van der Waals surface area (Å²) in [6, 6.07) is -0.328. The molecule has 21 heavy (non-hydrogen) atoms. The van der Waals surface area contributed by atoms with E-state index in [1.807, 2.05) is 0 Å². The normalized spacial score (nSPS) is 21.6. The van der Waals surface area contributed by atoms with Gasteiger partial charge in [0.25, 0.3) is 0 Å². The maximum Gasteiger partial charge on any atom is 0.223 e. The van der Waals surface area contributed by atoms with Crippen LogP contribution in [0.25, 0.3) is 0 Å². The fraction of sp³-hybridized carbons (Fsp3) is 0.933. The molecule has 0 aliphatic heterocycles. The minimum atomic E-state index is -3.15. The zero-order valence-electron chi connectivity index (χ0n) is 13.8. The second-order valence-corrected chi connectivity index (χ2v) is 9.12. The average Bonchev–Trinajstić information content (AvgIpc) is 2.44. The number of sulfone groups is 1. The lowest BCUT2D eigenvalue weighted by Gasteiger charge is -2.38. The van der Waals surface area contributed by atoms with Gasteiger partial charge in [-0.05, 0) is 38.6 Å². The molecular weight excluding hydrogens is 288 g/mol. The van der Waals surface area contributed by atoms with Gasteiger partial charge < -0.3 is 10.6 Å². The number of amides is 1. The van der Waals surface area contributed by atoms with Crippen molar-refractivity contribution < 1.29 is 13.2 Å². The van der Waals surface area contributed by atoms with Gasteiger partial charge in [0, 0.05) is 25.8 Å². The molecule has 1 fully saturated rings. The molecule has 2 unspecified atom stereocenters. The van der Waals surface area contributed by atoms with Gasteiger partial charge in [0.15, 0.2) is 9.84 Å². The number of hydrogen-bond donors (Lipinski definition) is 1. The molecule has 1 rings (SSSR count). The van der Waals surface area contributed by atoms with Gasteiger partial charge in [-0.15, -0.1) is 0 Å². The smallest absolute Gasteiger partial charge is 0.223 e. The second kappa shape index (κ2) is 7.09. The van der Waals surface area contributed by atoms with Gasteiger partial charge in [-0.1, -0.05) is 19.3 Å². The standard InChI is InChI=1S/C15H30N2O3S/c1-12(13(2)21(4,19)20)17(3)14(18)10-15(11-16)8-6-5-7-9-15/h12-13H,5-11,16H2,1-4H3. The van der Waals surface area contributed by atoms with Crippen molar-refractivity contribution >= 4 is 15.7 Å². The number of carbonyl (C=O) groups excluding carboxylic acids is 1. The quantitative estimate of drug-likeness (QED) is 0.806. The van der Waals surface area contributed by atoms with Crippen LogP contribution >= 0.6 is 0 Å². The zero-order valence-corrected chi connectivity index (χ0v) is 14.6. The van der Waals surface area contributed by atoms with E-state index in [4.69, 9.17) is 5.73 Å². The van der Waals surface area contributed by atoms with E-state index in [-0.39, 0.29) is 17.4 Å². The molecule has 5 nitrogen and oxygen atoms in total. The van der Waals surface area contributed by atoms with Crippen molar-refractivity contribution in [2.24, 2.45) is 11.1 Å². The summed E-state index contributed by atoms with van der Waals surface area (Å²) in [7, 11) is -1.46. The molecule has 2 N–H and O–H groups in total. The molecule has 2 atom stereocenters. The molecule has 1 amide bonds. The van der Waals surface area contributed by atoms with Gasteiger partial charge in [-0.2, -0.15) is 0 Å². The van der Waals surface area contributed by atoms with Crippen LogP contribution in [0.15, 0.2) is 0 Å². The third-order valence-electron chi connectivity index (χ3n) is 5.23. The Morgan fingerprint density at radius 3 is 2.19 bits per heavy atom. The highest BCUT2D eigenvalue weighted by molar-refractivity contribution is 7.91. The van der Waals surface area contributed by atoms with E-state index in [2.05, 4.69) is 0 Å². The summed E-state index contributed by atoms with van der Waals surface area (Å²) < 4.78 is 23.3. The van der Waals surface area contributed by atoms with Crippen molar-refractivity contribution in [3.05, 3.63) is 0 Å². The van der Waals surface area contributed by atoms with Crippen molar-refractivity contribution in [1.82, 2.24) is 4.90 Å². The number of nitrogens with zero attached hydrogens (tertiary/aromatic N) is 1. The van der Waals surface area contributed by atoms with Crippen molar-refractivity contribution in [3.63, 3.8) is 0 Å². The average molecular weight is 318 g/mol. The van der Waals surface area contributed by atoms with Gasteiger partial charge in [0.05, 0.1) is 5.25 Å². The molecule has 0 saturated heterocycles. The molecule has 1 saturated carbocycles. The highest BCUT2D eigenvalue weighted by atomic mass is 32.2. The molecule has 0 aromatic rings. The first-order chi connectivity index (χ1) is 9.63. The summed E-state index contributed by atoms with van der Waals surface area (Å²) in [5.41, 5.74) is 5.84. The molecule has 0 heterocycles. The van der Waals surface area contributed by atoms with Crippen molar-refractivity contribution in [1.29, 1.82) is 0 Å². The van der Waals surface area contributed by atoms with Crippen LogP contribution in [-0.4, -0.2) is 50.4 Å². The van der Waals surface area contributed by atoms with Crippen LogP contribution < -0.4 is 5.73 Å². The van der Waals surface area contributed by atoms with E-state index >= 15 is 0 Å². The highest BCUT2D eigenvalue weighted by Gasteiger charge is 2.36. The Bertz CT molecular complexity index is 456. The van der Waals surface area contributed by atoms with Crippen molar-refractivity contribution in [3.8, 4) is 0 Å². The third kappa shape index (κ3) is 4.68. The molecule has 1 aliphatic rings. The van der Waals surface area contributed by atoms with E-state index in [1.165, 1.54) is 12.7 Å². The van der Waals surface area contributed by atoms with Crippen LogP contribution in [0.3, 0.4) is 0 Å². The molecule has 0 spiro atoms. The Hall–Kier alpha value is -0.620. The Labute approximate surface area is 129 Å². The Balaban J connectivity index is 2.73. The van der Waals surface area contributed by atoms with Crippen LogP contribution in [0.1, 0.15) is 52.4 Å². The molecule has 0 bridgehead atoms. The number of hydrogen-bond acceptors (Lipinski definition) is 4. The molecule has 0 aromatic carbocycles. The topological polar surface area (TPSA) is 80.5 Å². The number of carbonyl (C=O) groups is 1. The van der Waals surface area contributed by atoms with Gasteiger partial charge in [0.2, 0.25) is 5.91 Å². The Kier molecular flexibility index (Phi) is 6.23. The predicted octanol–water partition coefficient (Wildman–Crippen LogP) is 1.57. The van der Waals surface area contributed by atoms with E-state index in [1.54, 1.807) is 25.8 Å². The van der Waals surface area contributed by atoms with Crippen molar-refractivity contribution in [2.45, 2.75) is 63.7 Å². The summed E-state index contributed by atoms with van der Waals surface area (Å²) >= 11 is 0. The molecule has 1 aliphatic carbocycles. The largest absolute Gasteiger partial charge is 0.342 e. The van der Waals surface area contributed by atoms with E-state index in [0.717, 1.165) is 25.7 Å². The summed E-state index contributed by atoms with van der Waals surface area (Å²) in [4.78, 5) is 14.1. The van der Waals surface area contributed by atoms with Crippen LogP contribution in [0.4, 0.5) is 0 Å². The minimum Gasteiger partial charge on any atom is -0.342 e. The van der Waals surface area contributed by atoms with Crippen molar-refractivity contribution in [2.75, 3.05) is 19.8 Å². The summed E-state index contributed by atoms with van der Waals surface area (Å²) in [5.74, 6) is 0.00495. The van der Waals surface area contributed by atoms with Gasteiger partial charge >= 0.3 is 0 Å². The highest BCUT2D eigenvalue weighted by Crippen LogP contribution is 2.38. The first-order valence-electron chi connectivity index (χ1n) is 7.77. The summed E-state index contributed by atoms with van der Waals surface area (Å²) in [6.45, 7) is 3.98. The molecule has 124 valence electrons. The van der Waals surface area contributed by atoms with Gasteiger partial charge in [-0.25, -0.2) is 8.42 Å². The third-order valence-corrected chi connectivity index (χ3v) is 6.98. The Morgan fingerprint density at radius 2 is 1.76 bits per heavy atom. The molecule has 6 heteroatoms. The first-order valence-corrected chi connectivity index (χ1v) is 9.73. The van der Waals surface area contributed by atoms with Crippen LogP contribution in [0.5, 0.6) is 0 Å². The van der Waals surface area contributed by atoms with E-state index in [0.29, 0.717) is 13.0 Å². The van der Waals surface area contributed by atoms with Gasteiger partial charge in [0.1, 0.15) is 0 Å². The maximum absolute atomic E-state index is 12.5. The summed E-state index contributed by atoms with van der Waals surface area (Å²) in [5, 5.41) is -0.563.